The number of carbonyl (C=O) groups is 2. The Morgan fingerprint density at radius 2 is 1.95 bits per heavy atom. The smallest absolute Gasteiger partial charge is 0.412 e. The Bertz CT molecular complexity index is 494. The first-order chi connectivity index (χ1) is 9.17. The maximum absolute atomic E-state index is 11.6. The van der Waals surface area contributed by atoms with E-state index in [1.54, 1.807) is 45.9 Å². The van der Waals surface area contributed by atoms with Gasteiger partial charge in [0.05, 0.1) is 5.25 Å². The number of esters is 1. The maximum Gasteiger partial charge on any atom is 0.412 e. The molecule has 0 heterocycles. The van der Waals surface area contributed by atoms with E-state index in [1.807, 2.05) is 0 Å². The highest BCUT2D eigenvalue weighted by Crippen LogP contribution is 2.19. The molecule has 0 radical (unpaired) electrons. The molecule has 1 unspecified atom stereocenters. The van der Waals surface area contributed by atoms with E-state index in [0.29, 0.717) is 11.4 Å². The van der Waals surface area contributed by atoms with Crippen LogP contribution < -0.4 is 10.1 Å². The van der Waals surface area contributed by atoms with E-state index in [9.17, 15) is 9.59 Å². The Labute approximate surface area is 124 Å². The minimum atomic E-state index is -0.574. The molecule has 1 amide bonds. The predicted molar refractivity (Wildman–Crippen MR) is 80.4 cm³/mol. The normalized spacial score (nSPS) is 12.4. The van der Waals surface area contributed by atoms with Gasteiger partial charge in [-0.1, -0.05) is 6.07 Å². The largest absolute Gasteiger partial charge is 0.444 e. The van der Waals surface area contributed by atoms with Crippen molar-refractivity contribution in [2.75, 3.05) is 5.32 Å². The van der Waals surface area contributed by atoms with Crippen molar-refractivity contribution in [3.63, 3.8) is 0 Å². The molecule has 0 aliphatic rings. The molecule has 0 aliphatic heterocycles. The lowest BCUT2D eigenvalue weighted by Crippen LogP contribution is -2.27. The van der Waals surface area contributed by atoms with Crippen molar-refractivity contribution in [1.82, 2.24) is 0 Å². The maximum atomic E-state index is 11.6. The Kier molecular flexibility index (Phi) is 5.44. The Hall–Kier alpha value is -1.69. The molecule has 6 heteroatoms. The molecule has 1 aromatic rings. The number of ether oxygens (including phenoxy) is 2. The van der Waals surface area contributed by atoms with Crippen LogP contribution in [0.5, 0.6) is 5.75 Å². The Balaban J connectivity index is 2.69. The number of rotatable bonds is 3. The molecule has 1 N–H and O–H groups in total. The van der Waals surface area contributed by atoms with Crippen molar-refractivity contribution in [3.8, 4) is 5.75 Å². The van der Waals surface area contributed by atoms with E-state index in [4.69, 9.17) is 9.47 Å². The lowest BCUT2D eigenvalue weighted by molar-refractivity contribution is -0.133. The van der Waals surface area contributed by atoms with Crippen LogP contribution in [-0.2, 0) is 9.53 Å². The molecule has 0 bridgehead atoms. The minimum absolute atomic E-state index is 0.337. The van der Waals surface area contributed by atoms with Crippen LogP contribution in [0, 0.1) is 0 Å². The number of amides is 1. The van der Waals surface area contributed by atoms with E-state index >= 15 is 0 Å². The quantitative estimate of drug-likeness (QED) is 0.510. The van der Waals surface area contributed by atoms with Crippen molar-refractivity contribution in [1.29, 1.82) is 0 Å². The van der Waals surface area contributed by atoms with Crippen LogP contribution in [0.25, 0.3) is 0 Å². The zero-order valence-electron chi connectivity index (χ0n) is 12.0. The highest BCUT2D eigenvalue weighted by Gasteiger charge is 2.16. The molecule has 1 aromatic carbocycles. The first kappa shape index (κ1) is 16.4. The Morgan fingerprint density at radius 1 is 1.30 bits per heavy atom. The van der Waals surface area contributed by atoms with Crippen LogP contribution in [0.4, 0.5) is 10.5 Å². The zero-order chi connectivity index (χ0) is 15.3. The average molecular weight is 297 g/mol. The third-order valence-corrected chi connectivity index (χ3v) is 2.25. The van der Waals surface area contributed by atoms with Gasteiger partial charge in [0.1, 0.15) is 11.4 Å². The van der Waals surface area contributed by atoms with Gasteiger partial charge in [0.15, 0.2) is 0 Å². The molecule has 0 aromatic heterocycles. The second-order valence-electron chi connectivity index (χ2n) is 5.25. The van der Waals surface area contributed by atoms with Gasteiger partial charge in [0.25, 0.3) is 0 Å². The highest BCUT2D eigenvalue weighted by atomic mass is 32.1. The fourth-order valence-corrected chi connectivity index (χ4v) is 1.31. The first-order valence-corrected chi connectivity index (χ1v) is 6.69. The number of anilines is 1. The number of carbonyl (C=O) groups excluding carboxylic acids is 2. The van der Waals surface area contributed by atoms with Gasteiger partial charge < -0.3 is 9.47 Å². The summed E-state index contributed by atoms with van der Waals surface area (Å²) < 4.78 is 10.2. The number of hydrogen-bond donors (Lipinski definition) is 2. The molecule has 0 saturated heterocycles. The van der Waals surface area contributed by atoms with E-state index in [1.165, 1.54) is 6.07 Å². The lowest BCUT2D eigenvalue weighted by Gasteiger charge is -2.19. The summed E-state index contributed by atoms with van der Waals surface area (Å²) in [6.45, 7) is 6.95. The first-order valence-electron chi connectivity index (χ1n) is 6.17. The average Bonchev–Trinajstić information content (AvgIpc) is 2.26. The van der Waals surface area contributed by atoms with Crippen molar-refractivity contribution in [2.24, 2.45) is 0 Å². The van der Waals surface area contributed by atoms with E-state index in [2.05, 4.69) is 17.9 Å². The van der Waals surface area contributed by atoms with Crippen LogP contribution in [0.1, 0.15) is 27.7 Å². The second-order valence-corrected chi connectivity index (χ2v) is 6.03. The monoisotopic (exact) mass is 297 g/mol. The highest BCUT2D eigenvalue weighted by molar-refractivity contribution is 7.81. The number of benzene rings is 1. The molecule has 0 spiro atoms. The molecule has 20 heavy (non-hydrogen) atoms. The molecule has 0 aliphatic carbocycles. The van der Waals surface area contributed by atoms with Gasteiger partial charge >= 0.3 is 12.1 Å². The summed E-state index contributed by atoms with van der Waals surface area (Å²) in [5.74, 6) is -0.118. The van der Waals surface area contributed by atoms with Gasteiger partial charge in [-0.25, -0.2) is 4.79 Å². The third-order valence-electron chi connectivity index (χ3n) is 2.04. The topological polar surface area (TPSA) is 64.6 Å². The number of thiol groups is 1. The van der Waals surface area contributed by atoms with Gasteiger partial charge in [-0.05, 0) is 39.8 Å². The number of hydrogen-bond acceptors (Lipinski definition) is 5. The third kappa shape index (κ3) is 5.97. The van der Waals surface area contributed by atoms with Gasteiger partial charge in [0.2, 0.25) is 0 Å². The summed E-state index contributed by atoms with van der Waals surface area (Å²) in [6, 6.07) is 6.50. The molecule has 0 fully saturated rings. The zero-order valence-corrected chi connectivity index (χ0v) is 12.9. The van der Waals surface area contributed by atoms with Crippen molar-refractivity contribution in [3.05, 3.63) is 24.3 Å². The standard InChI is InChI=1S/C14H19NO4S/c1-9(20)12(16)18-11-7-5-6-10(8-11)15-13(17)19-14(2,3)4/h5-9,20H,1-4H3,(H,15,17). The second kappa shape index (κ2) is 6.65. The summed E-state index contributed by atoms with van der Waals surface area (Å²) in [7, 11) is 0. The van der Waals surface area contributed by atoms with E-state index in [-0.39, 0.29) is 0 Å². The van der Waals surface area contributed by atoms with E-state index < -0.39 is 22.9 Å². The molecule has 5 nitrogen and oxygen atoms in total. The summed E-state index contributed by atoms with van der Waals surface area (Å²) in [4.78, 5) is 23.0. The fourth-order valence-electron chi connectivity index (χ4n) is 1.26. The van der Waals surface area contributed by atoms with Gasteiger partial charge in [0, 0.05) is 11.8 Å². The molecule has 1 atom stereocenters. The van der Waals surface area contributed by atoms with Crippen molar-refractivity contribution < 1.29 is 19.1 Å². The van der Waals surface area contributed by atoms with Gasteiger partial charge in [-0.2, -0.15) is 12.6 Å². The van der Waals surface area contributed by atoms with Crippen LogP contribution in [-0.4, -0.2) is 22.9 Å². The summed E-state index contributed by atoms with van der Waals surface area (Å²) in [6.07, 6.45) is -0.566. The molecule has 0 saturated carbocycles. The Morgan fingerprint density at radius 3 is 2.50 bits per heavy atom. The van der Waals surface area contributed by atoms with E-state index in [0.717, 1.165) is 0 Å². The lowest BCUT2D eigenvalue weighted by atomic mass is 10.2. The van der Waals surface area contributed by atoms with Crippen molar-refractivity contribution >= 4 is 30.4 Å². The molecule has 1 rings (SSSR count). The summed E-state index contributed by atoms with van der Waals surface area (Å²) in [5.41, 5.74) is -0.0910. The van der Waals surface area contributed by atoms with Crippen LogP contribution in [0.3, 0.4) is 0 Å². The summed E-state index contributed by atoms with van der Waals surface area (Å²) >= 11 is 3.99. The predicted octanol–water partition coefficient (Wildman–Crippen LogP) is 3.26. The molecular weight excluding hydrogens is 278 g/mol. The van der Waals surface area contributed by atoms with Crippen LogP contribution in [0.2, 0.25) is 0 Å². The van der Waals surface area contributed by atoms with Gasteiger partial charge in [-0.3, -0.25) is 10.1 Å². The van der Waals surface area contributed by atoms with Crippen LogP contribution in [0.15, 0.2) is 24.3 Å². The minimum Gasteiger partial charge on any atom is -0.444 e. The SMILES string of the molecule is CC(S)C(=O)Oc1cccc(NC(=O)OC(C)(C)C)c1. The van der Waals surface area contributed by atoms with Crippen LogP contribution >= 0.6 is 12.6 Å². The summed E-state index contributed by atoms with van der Waals surface area (Å²) in [5, 5.41) is 2.05. The number of nitrogens with one attached hydrogen (secondary N) is 1. The van der Waals surface area contributed by atoms with Crippen molar-refractivity contribution in [2.45, 2.75) is 38.5 Å². The molecular formula is C14H19NO4S. The fraction of sp³-hybridized carbons (Fsp3) is 0.429. The molecule has 110 valence electrons. The van der Waals surface area contributed by atoms with Gasteiger partial charge in [-0.15, -0.1) is 0 Å².